The molecule has 1 aromatic heterocycles. The number of halogens is 3. The summed E-state index contributed by atoms with van der Waals surface area (Å²) in [5, 5.41) is 0.0608. The minimum Gasteiger partial charge on any atom is -0.263 e. The molecule has 100 valence electrons. The van der Waals surface area contributed by atoms with Gasteiger partial charge in [-0.25, -0.2) is 13.4 Å². The lowest BCUT2D eigenvalue weighted by molar-refractivity contribution is 0.601. The normalized spacial score (nSPS) is 11.3. The molecule has 2 aromatic rings. The van der Waals surface area contributed by atoms with Gasteiger partial charge in [0.05, 0.1) is 10.0 Å². The summed E-state index contributed by atoms with van der Waals surface area (Å²) in [5.41, 5.74) is 0. The van der Waals surface area contributed by atoms with Crippen LogP contribution in [0.3, 0.4) is 0 Å². The van der Waals surface area contributed by atoms with Crippen molar-refractivity contribution in [2.45, 2.75) is 4.90 Å². The molecule has 0 aliphatic carbocycles. The average molecular weight is 382 g/mol. The molecule has 1 aromatic carbocycles. The number of nitrogens with zero attached hydrogens (tertiary/aromatic N) is 1. The van der Waals surface area contributed by atoms with Crippen LogP contribution in [0.4, 0.5) is 5.82 Å². The Bertz CT molecular complexity index is 685. The molecule has 0 fully saturated rings. The highest BCUT2D eigenvalue weighted by atomic mass is 79.9. The van der Waals surface area contributed by atoms with Crippen LogP contribution in [0.5, 0.6) is 0 Å². The third-order valence-electron chi connectivity index (χ3n) is 2.14. The summed E-state index contributed by atoms with van der Waals surface area (Å²) in [7, 11) is -3.89. The maximum atomic E-state index is 12.2. The predicted molar refractivity (Wildman–Crippen MR) is 79.2 cm³/mol. The minimum atomic E-state index is -3.89. The molecule has 0 saturated heterocycles. The molecule has 0 radical (unpaired) electrons. The van der Waals surface area contributed by atoms with E-state index in [2.05, 4.69) is 25.6 Å². The second-order valence-electron chi connectivity index (χ2n) is 3.52. The number of hydrogen-bond donors (Lipinski definition) is 1. The largest absolute Gasteiger partial charge is 0.266 e. The van der Waals surface area contributed by atoms with Crippen molar-refractivity contribution in [3.05, 3.63) is 51.0 Å². The van der Waals surface area contributed by atoms with Crippen LogP contribution in [0.2, 0.25) is 10.0 Å². The van der Waals surface area contributed by atoms with Crippen molar-refractivity contribution in [3.8, 4) is 0 Å². The van der Waals surface area contributed by atoms with Gasteiger partial charge in [0, 0.05) is 10.7 Å². The molecule has 1 heterocycles. The zero-order valence-electron chi connectivity index (χ0n) is 9.27. The van der Waals surface area contributed by atoms with Crippen molar-refractivity contribution in [2.24, 2.45) is 0 Å². The van der Waals surface area contributed by atoms with Crippen LogP contribution in [-0.4, -0.2) is 13.4 Å². The summed E-state index contributed by atoms with van der Waals surface area (Å²) in [5.74, 6) is 0.192. The number of pyridine rings is 1. The van der Waals surface area contributed by atoms with E-state index in [1.54, 1.807) is 12.1 Å². The standard InChI is InChI=1S/C11H7BrCl2N2O2S/c12-7-5-8(13)11(9(14)6-7)19(17,18)16-10-3-1-2-4-15-10/h1-6H,(H,15,16). The van der Waals surface area contributed by atoms with Crippen molar-refractivity contribution in [3.63, 3.8) is 0 Å². The maximum absolute atomic E-state index is 12.2. The Morgan fingerprint density at radius 2 is 1.79 bits per heavy atom. The van der Waals surface area contributed by atoms with E-state index in [-0.39, 0.29) is 20.8 Å². The number of sulfonamides is 1. The van der Waals surface area contributed by atoms with Gasteiger partial charge in [-0.2, -0.15) is 0 Å². The summed E-state index contributed by atoms with van der Waals surface area (Å²) in [6.07, 6.45) is 1.47. The first-order valence-corrected chi connectivity index (χ1v) is 8.02. The molecule has 0 aliphatic heterocycles. The van der Waals surface area contributed by atoms with Gasteiger partial charge in [0.2, 0.25) is 0 Å². The topological polar surface area (TPSA) is 59.1 Å². The molecule has 8 heteroatoms. The molecule has 0 amide bonds. The van der Waals surface area contributed by atoms with E-state index in [9.17, 15) is 8.42 Å². The van der Waals surface area contributed by atoms with E-state index in [4.69, 9.17) is 23.2 Å². The Hall–Kier alpha value is -0.820. The Morgan fingerprint density at radius 3 is 2.32 bits per heavy atom. The minimum absolute atomic E-state index is 0.0304. The van der Waals surface area contributed by atoms with Gasteiger partial charge in [-0.1, -0.05) is 45.2 Å². The third-order valence-corrected chi connectivity index (χ3v) is 4.87. The lowest BCUT2D eigenvalue weighted by Crippen LogP contribution is -2.14. The molecule has 0 spiro atoms. The lowest BCUT2D eigenvalue weighted by atomic mass is 10.4. The molecule has 0 saturated carbocycles. The highest BCUT2D eigenvalue weighted by Crippen LogP contribution is 2.33. The third kappa shape index (κ3) is 3.39. The highest BCUT2D eigenvalue weighted by molar-refractivity contribution is 9.10. The van der Waals surface area contributed by atoms with Gasteiger partial charge in [-0.15, -0.1) is 0 Å². The molecule has 1 N–H and O–H groups in total. The highest BCUT2D eigenvalue weighted by Gasteiger charge is 2.22. The molecule has 0 atom stereocenters. The fourth-order valence-electron chi connectivity index (χ4n) is 1.40. The fourth-order valence-corrected chi connectivity index (χ4v) is 4.34. The van der Waals surface area contributed by atoms with Gasteiger partial charge in [-0.3, -0.25) is 4.72 Å². The number of rotatable bonds is 3. The SMILES string of the molecule is O=S(=O)(Nc1ccccn1)c1c(Cl)cc(Br)cc1Cl. The van der Waals surface area contributed by atoms with Gasteiger partial charge in [0.1, 0.15) is 10.7 Å². The Morgan fingerprint density at radius 1 is 1.16 bits per heavy atom. The first-order chi connectivity index (χ1) is 8.90. The van der Waals surface area contributed by atoms with E-state index in [1.807, 2.05) is 0 Å². The molecule has 19 heavy (non-hydrogen) atoms. The maximum Gasteiger partial charge on any atom is 0.266 e. The van der Waals surface area contributed by atoms with E-state index in [1.165, 1.54) is 24.4 Å². The van der Waals surface area contributed by atoms with Gasteiger partial charge >= 0.3 is 0 Å². The molecule has 0 bridgehead atoms. The summed E-state index contributed by atoms with van der Waals surface area (Å²) in [6.45, 7) is 0. The van der Waals surface area contributed by atoms with E-state index < -0.39 is 10.0 Å². The zero-order valence-corrected chi connectivity index (χ0v) is 13.2. The van der Waals surface area contributed by atoms with Crippen LogP contribution in [0.15, 0.2) is 45.9 Å². The van der Waals surface area contributed by atoms with Gasteiger partial charge < -0.3 is 0 Å². The molecule has 4 nitrogen and oxygen atoms in total. The van der Waals surface area contributed by atoms with Gasteiger partial charge in [0.25, 0.3) is 10.0 Å². The van der Waals surface area contributed by atoms with Crippen LogP contribution in [0.1, 0.15) is 0 Å². The number of anilines is 1. The Kier molecular flexibility index (Phi) is 4.35. The van der Waals surface area contributed by atoms with E-state index in [0.29, 0.717) is 4.47 Å². The molecular weight excluding hydrogens is 375 g/mol. The second kappa shape index (κ2) is 5.66. The van der Waals surface area contributed by atoms with Crippen molar-refractivity contribution in [1.82, 2.24) is 4.98 Å². The van der Waals surface area contributed by atoms with Crippen LogP contribution >= 0.6 is 39.1 Å². The first kappa shape index (κ1) is 14.6. The Balaban J connectivity index is 2.46. The summed E-state index contributed by atoms with van der Waals surface area (Å²) in [4.78, 5) is 3.70. The number of hydrogen-bond acceptors (Lipinski definition) is 3. The van der Waals surface area contributed by atoms with Gasteiger partial charge in [0.15, 0.2) is 0 Å². The van der Waals surface area contributed by atoms with Crippen molar-refractivity contribution >= 4 is 55.0 Å². The summed E-state index contributed by atoms with van der Waals surface area (Å²) in [6, 6.07) is 7.78. The smallest absolute Gasteiger partial charge is 0.263 e. The lowest BCUT2D eigenvalue weighted by Gasteiger charge is -2.10. The van der Waals surface area contributed by atoms with Crippen molar-refractivity contribution in [1.29, 1.82) is 0 Å². The fraction of sp³-hybridized carbons (Fsp3) is 0. The predicted octanol–water partition coefficient (Wildman–Crippen LogP) is 3.95. The second-order valence-corrected chi connectivity index (χ2v) is 6.87. The molecular formula is C11H7BrCl2N2O2S. The molecule has 0 unspecified atom stereocenters. The molecule has 2 rings (SSSR count). The average Bonchev–Trinajstić information content (AvgIpc) is 2.27. The zero-order chi connectivity index (χ0) is 14.0. The summed E-state index contributed by atoms with van der Waals surface area (Å²) >= 11 is 15.0. The number of nitrogens with one attached hydrogen (secondary N) is 1. The quantitative estimate of drug-likeness (QED) is 0.875. The van der Waals surface area contributed by atoms with E-state index >= 15 is 0 Å². The monoisotopic (exact) mass is 380 g/mol. The van der Waals surface area contributed by atoms with Crippen LogP contribution < -0.4 is 4.72 Å². The summed E-state index contributed by atoms with van der Waals surface area (Å²) < 4.78 is 27.3. The van der Waals surface area contributed by atoms with Crippen LogP contribution in [0, 0.1) is 0 Å². The molecule has 0 aliphatic rings. The van der Waals surface area contributed by atoms with Crippen LogP contribution in [0.25, 0.3) is 0 Å². The van der Waals surface area contributed by atoms with Crippen LogP contribution in [-0.2, 0) is 10.0 Å². The van der Waals surface area contributed by atoms with Gasteiger partial charge in [-0.05, 0) is 24.3 Å². The number of benzene rings is 1. The number of aromatic nitrogens is 1. The van der Waals surface area contributed by atoms with Crippen molar-refractivity contribution in [2.75, 3.05) is 4.72 Å². The van der Waals surface area contributed by atoms with E-state index in [0.717, 1.165) is 0 Å². The first-order valence-electron chi connectivity index (χ1n) is 4.98. The Labute approximate surface area is 128 Å². The van der Waals surface area contributed by atoms with Crippen molar-refractivity contribution < 1.29 is 8.42 Å².